The van der Waals surface area contributed by atoms with Crippen LogP contribution in [-0.2, 0) is 13.1 Å². The second kappa shape index (κ2) is 6.71. The van der Waals surface area contributed by atoms with Gasteiger partial charge < -0.3 is 0 Å². The zero-order chi connectivity index (χ0) is 15.6. The Bertz CT molecular complexity index is 646. The van der Waals surface area contributed by atoms with Crippen molar-refractivity contribution in [3.05, 3.63) is 57.5 Å². The Labute approximate surface area is 141 Å². The van der Waals surface area contributed by atoms with Gasteiger partial charge in [0, 0.05) is 35.4 Å². The van der Waals surface area contributed by atoms with E-state index in [1.807, 2.05) is 23.5 Å². The van der Waals surface area contributed by atoms with Crippen LogP contribution >= 0.6 is 11.3 Å². The molecular formula is C19H23FN2S. The molecule has 2 aromatic rings. The zero-order valence-electron chi connectivity index (χ0n) is 13.4. The highest BCUT2D eigenvalue weighted by molar-refractivity contribution is 7.11. The summed E-state index contributed by atoms with van der Waals surface area (Å²) in [6.07, 6.45) is 3.88. The molecule has 1 aromatic carbocycles. The van der Waals surface area contributed by atoms with Gasteiger partial charge in [-0.25, -0.2) is 4.39 Å². The Kier molecular flexibility index (Phi) is 4.47. The van der Waals surface area contributed by atoms with Crippen LogP contribution < -0.4 is 0 Å². The van der Waals surface area contributed by atoms with Crippen molar-refractivity contribution in [2.45, 2.75) is 38.4 Å². The molecule has 0 unspecified atom stereocenters. The third-order valence-corrected chi connectivity index (χ3v) is 6.09. The van der Waals surface area contributed by atoms with Crippen molar-refractivity contribution in [1.29, 1.82) is 0 Å². The lowest BCUT2D eigenvalue weighted by Gasteiger charge is -2.41. The van der Waals surface area contributed by atoms with Crippen LogP contribution in [0.3, 0.4) is 0 Å². The molecule has 0 radical (unpaired) electrons. The Morgan fingerprint density at radius 3 is 2.26 bits per heavy atom. The first-order valence-electron chi connectivity index (χ1n) is 8.57. The van der Waals surface area contributed by atoms with Crippen LogP contribution in [0.2, 0.25) is 0 Å². The Morgan fingerprint density at radius 1 is 0.913 bits per heavy atom. The summed E-state index contributed by atoms with van der Waals surface area (Å²) in [5.41, 5.74) is 1.24. The molecule has 1 aromatic heterocycles. The first kappa shape index (κ1) is 15.3. The quantitative estimate of drug-likeness (QED) is 0.800. The largest absolute Gasteiger partial charge is 0.298 e. The third-order valence-electron chi connectivity index (χ3n) is 5.04. The van der Waals surface area contributed by atoms with Gasteiger partial charge in [-0.1, -0.05) is 12.1 Å². The standard InChI is InChI=1S/C19H23FN2S/c20-16-5-3-15(4-6-16)19-9-12-22(19)14-18-8-7-17(23-18)13-21-10-1-2-11-21/h3-8,19H,1-2,9-14H2/t19-/m0/s1. The van der Waals surface area contributed by atoms with Crippen molar-refractivity contribution in [1.82, 2.24) is 9.80 Å². The summed E-state index contributed by atoms with van der Waals surface area (Å²) in [6.45, 7) is 5.79. The van der Waals surface area contributed by atoms with Crippen LogP contribution in [-0.4, -0.2) is 29.4 Å². The lowest BCUT2D eigenvalue weighted by molar-refractivity contribution is 0.0831. The monoisotopic (exact) mass is 330 g/mol. The number of rotatable bonds is 5. The first-order chi connectivity index (χ1) is 11.3. The van der Waals surface area contributed by atoms with E-state index >= 15 is 0 Å². The third kappa shape index (κ3) is 3.49. The minimum atomic E-state index is -0.149. The molecule has 1 atom stereocenters. The number of hydrogen-bond donors (Lipinski definition) is 0. The lowest BCUT2D eigenvalue weighted by atomic mass is 9.95. The molecule has 2 fully saturated rings. The van der Waals surface area contributed by atoms with E-state index in [0.717, 1.165) is 19.6 Å². The fraction of sp³-hybridized carbons (Fsp3) is 0.474. The molecule has 2 saturated heterocycles. The van der Waals surface area contributed by atoms with Crippen LogP contribution in [0, 0.1) is 5.82 Å². The SMILES string of the molecule is Fc1ccc([C@@H]2CCN2Cc2ccc(CN3CCCC3)s2)cc1. The van der Waals surface area contributed by atoms with Gasteiger partial charge in [-0.15, -0.1) is 11.3 Å². The number of halogens is 1. The van der Waals surface area contributed by atoms with Gasteiger partial charge in [-0.3, -0.25) is 9.80 Å². The van der Waals surface area contributed by atoms with Crippen molar-refractivity contribution in [2.75, 3.05) is 19.6 Å². The van der Waals surface area contributed by atoms with Crippen molar-refractivity contribution in [2.24, 2.45) is 0 Å². The van der Waals surface area contributed by atoms with Crippen LogP contribution in [0.5, 0.6) is 0 Å². The summed E-state index contributed by atoms with van der Waals surface area (Å²) < 4.78 is 13.1. The van der Waals surface area contributed by atoms with E-state index in [2.05, 4.69) is 21.9 Å². The Morgan fingerprint density at radius 2 is 1.61 bits per heavy atom. The van der Waals surface area contributed by atoms with Crippen LogP contribution in [0.25, 0.3) is 0 Å². The second-order valence-corrected chi connectivity index (χ2v) is 7.93. The molecule has 2 aliphatic heterocycles. The molecule has 3 heterocycles. The normalized spacial score (nSPS) is 22.4. The van der Waals surface area contributed by atoms with Gasteiger partial charge in [-0.2, -0.15) is 0 Å². The molecule has 0 amide bonds. The lowest BCUT2D eigenvalue weighted by Crippen LogP contribution is -2.39. The molecule has 4 rings (SSSR count). The van der Waals surface area contributed by atoms with Gasteiger partial charge in [0.1, 0.15) is 5.82 Å². The van der Waals surface area contributed by atoms with Gasteiger partial charge in [0.2, 0.25) is 0 Å². The molecule has 0 saturated carbocycles. The molecule has 0 bridgehead atoms. The first-order valence-corrected chi connectivity index (χ1v) is 9.39. The van der Waals surface area contributed by atoms with E-state index < -0.39 is 0 Å². The molecule has 4 heteroatoms. The molecule has 23 heavy (non-hydrogen) atoms. The molecular weight excluding hydrogens is 307 g/mol. The minimum absolute atomic E-state index is 0.149. The van der Waals surface area contributed by atoms with Crippen LogP contribution in [0.15, 0.2) is 36.4 Å². The van der Waals surface area contributed by atoms with Gasteiger partial charge in [-0.05, 0) is 62.2 Å². The van der Waals surface area contributed by atoms with Crippen molar-refractivity contribution >= 4 is 11.3 Å². The topological polar surface area (TPSA) is 6.48 Å². The molecule has 2 nitrogen and oxygen atoms in total. The summed E-state index contributed by atoms with van der Waals surface area (Å²) >= 11 is 1.95. The summed E-state index contributed by atoms with van der Waals surface area (Å²) in [6, 6.07) is 12.1. The van der Waals surface area contributed by atoms with Gasteiger partial charge in [0.25, 0.3) is 0 Å². The highest BCUT2D eigenvalue weighted by Crippen LogP contribution is 2.35. The summed E-state index contributed by atoms with van der Waals surface area (Å²) in [4.78, 5) is 7.99. The average molecular weight is 330 g/mol. The van der Waals surface area contributed by atoms with E-state index in [0.29, 0.717) is 6.04 Å². The maximum Gasteiger partial charge on any atom is 0.123 e. The number of nitrogens with zero attached hydrogens (tertiary/aromatic N) is 2. The smallest absolute Gasteiger partial charge is 0.123 e. The van der Waals surface area contributed by atoms with E-state index in [9.17, 15) is 4.39 Å². The fourth-order valence-corrected chi connectivity index (χ4v) is 4.73. The molecule has 0 N–H and O–H groups in total. The average Bonchev–Trinajstić information content (AvgIpc) is 3.18. The van der Waals surface area contributed by atoms with E-state index in [4.69, 9.17) is 0 Å². The molecule has 122 valence electrons. The summed E-state index contributed by atoms with van der Waals surface area (Å²) in [5.74, 6) is -0.149. The number of benzene rings is 1. The van der Waals surface area contributed by atoms with Gasteiger partial charge in [0.15, 0.2) is 0 Å². The Balaban J connectivity index is 1.36. The van der Waals surface area contributed by atoms with Crippen LogP contribution in [0.4, 0.5) is 4.39 Å². The highest BCUT2D eigenvalue weighted by atomic mass is 32.1. The maximum absolute atomic E-state index is 13.1. The number of thiophene rings is 1. The Hall–Kier alpha value is -1.23. The number of hydrogen-bond acceptors (Lipinski definition) is 3. The molecule has 2 aliphatic rings. The highest BCUT2D eigenvalue weighted by Gasteiger charge is 2.29. The molecule has 0 aliphatic carbocycles. The van der Waals surface area contributed by atoms with E-state index in [1.165, 1.54) is 47.7 Å². The van der Waals surface area contributed by atoms with Gasteiger partial charge in [0.05, 0.1) is 0 Å². The summed E-state index contributed by atoms with van der Waals surface area (Å²) in [7, 11) is 0. The maximum atomic E-state index is 13.1. The van der Waals surface area contributed by atoms with Crippen molar-refractivity contribution < 1.29 is 4.39 Å². The molecule has 0 spiro atoms. The predicted molar refractivity (Wildman–Crippen MR) is 93.0 cm³/mol. The second-order valence-electron chi connectivity index (χ2n) is 6.68. The zero-order valence-corrected chi connectivity index (χ0v) is 14.2. The van der Waals surface area contributed by atoms with Gasteiger partial charge >= 0.3 is 0 Å². The van der Waals surface area contributed by atoms with Crippen molar-refractivity contribution in [3.63, 3.8) is 0 Å². The van der Waals surface area contributed by atoms with Crippen LogP contribution in [0.1, 0.15) is 40.6 Å². The van der Waals surface area contributed by atoms with E-state index in [-0.39, 0.29) is 5.82 Å². The minimum Gasteiger partial charge on any atom is -0.298 e. The fourth-order valence-electron chi connectivity index (χ4n) is 3.65. The summed E-state index contributed by atoms with van der Waals surface area (Å²) in [5, 5.41) is 0. The van der Waals surface area contributed by atoms with Crippen molar-refractivity contribution in [3.8, 4) is 0 Å². The predicted octanol–water partition coefficient (Wildman–Crippen LogP) is 4.43. The van der Waals surface area contributed by atoms with E-state index in [1.54, 1.807) is 12.1 Å². The number of likely N-dealkylation sites (tertiary alicyclic amines) is 2.